The monoisotopic (exact) mass is 345 g/mol. The van der Waals surface area contributed by atoms with Crippen LogP contribution in [-0.2, 0) is 0 Å². The Kier molecular flexibility index (Phi) is 4.66. The van der Waals surface area contributed by atoms with Crippen LogP contribution in [0.25, 0.3) is 5.69 Å². The molecule has 1 aromatic carbocycles. The number of benzene rings is 1. The first-order valence-corrected chi connectivity index (χ1v) is 8.12. The van der Waals surface area contributed by atoms with E-state index in [9.17, 15) is 14.9 Å². The number of nitro groups is 1. The van der Waals surface area contributed by atoms with Gasteiger partial charge in [-0.1, -0.05) is 0 Å². The molecule has 9 heteroatoms. The van der Waals surface area contributed by atoms with E-state index in [2.05, 4.69) is 17.2 Å². The number of aryl methyl sites for hydroxylation is 1. The number of hydrogen-bond acceptors (Lipinski definition) is 5. The molecule has 1 aromatic heterocycles. The number of aromatic nitrogens is 2. The lowest BCUT2D eigenvalue weighted by atomic mass is 10.2. The van der Waals surface area contributed by atoms with E-state index in [1.165, 1.54) is 21.7 Å². The molecular formula is C16H21N6O3+. The number of H-pyrrole nitrogens is 1. The first kappa shape index (κ1) is 16.9. The molecule has 25 heavy (non-hydrogen) atoms. The van der Waals surface area contributed by atoms with E-state index in [-0.39, 0.29) is 11.2 Å². The van der Waals surface area contributed by atoms with E-state index >= 15 is 0 Å². The van der Waals surface area contributed by atoms with Gasteiger partial charge < -0.3 is 4.90 Å². The molecule has 0 amide bonds. The van der Waals surface area contributed by atoms with Crippen molar-refractivity contribution in [2.24, 2.45) is 5.10 Å². The molecule has 1 aliphatic rings. The molecule has 0 spiro atoms. The van der Waals surface area contributed by atoms with Crippen molar-refractivity contribution < 1.29 is 9.82 Å². The second-order valence-electron chi connectivity index (χ2n) is 6.22. The largest absolute Gasteiger partial charge is 0.334 e. The average Bonchev–Trinajstić information content (AvgIpc) is 2.89. The zero-order chi connectivity index (χ0) is 18.0. The lowest BCUT2D eigenvalue weighted by Gasteiger charge is -2.27. The number of quaternary nitrogens is 1. The molecule has 2 N–H and O–H groups in total. The first-order chi connectivity index (χ1) is 12.0. The van der Waals surface area contributed by atoms with Crippen molar-refractivity contribution in [3.05, 3.63) is 56.0 Å². The summed E-state index contributed by atoms with van der Waals surface area (Å²) < 4.78 is 1.37. The molecule has 1 aliphatic heterocycles. The third kappa shape index (κ3) is 3.61. The number of non-ortho nitro benzene ring substituents is 1. The molecule has 3 rings (SSSR count). The molecule has 2 heterocycles. The Morgan fingerprint density at radius 3 is 2.52 bits per heavy atom. The van der Waals surface area contributed by atoms with Crippen molar-refractivity contribution in [2.75, 3.05) is 33.2 Å². The molecule has 0 unspecified atom stereocenters. The predicted molar refractivity (Wildman–Crippen MR) is 93.6 cm³/mol. The molecule has 0 aliphatic carbocycles. The number of aromatic amines is 1. The molecule has 0 bridgehead atoms. The maximum Gasteiger partial charge on any atom is 0.280 e. The predicted octanol–water partition coefficient (Wildman–Crippen LogP) is -0.454. The van der Waals surface area contributed by atoms with Crippen LogP contribution < -0.4 is 10.5 Å². The average molecular weight is 345 g/mol. The number of hydrogen-bond donors (Lipinski definition) is 2. The minimum Gasteiger partial charge on any atom is -0.334 e. The summed E-state index contributed by atoms with van der Waals surface area (Å²) in [7, 11) is 2.15. The number of piperazine rings is 1. The Labute approximate surface area is 144 Å². The van der Waals surface area contributed by atoms with E-state index in [4.69, 9.17) is 0 Å². The molecule has 0 radical (unpaired) electrons. The fraction of sp³-hybridized carbons (Fsp3) is 0.375. The maximum absolute atomic E-state index is 12.6. The van der Waals surface area contributed by atoms with E-state index in [0.29, 0.717) is 16.9 Å². The second kappa shape index (κ2) is 6.89. The topological polar surface area (TPSA) is 101 Å². The maximum atomic E-state index is 12.6. The van der Waals surface area contributed by atoms with Crippen LogP contribution in [0.15, 0.2) is 34.2 Å². The van der Waals surface area contributed by atoms with Gasteiger partial charge in [-0.3, -0.25) is 25.0 Å². The van der Waals surface area contributed by atoms with Crippen molar-refractivity contribution in [1.29, 1.82) is 0 Å². The van der Waals surface area contributed by atoms with Crippen LogP contribution in [-0.4, -0.2) is 59.2 Å². The number of nitrogens with zero attached hydrogens (tertiary/aromatic N) is 4. The Bertz CT molecular complexity index is 844. The molecular weight excluding hydrogens is 324 g/mol. The molecule has 132 valence electrons. The zero-order valence-corrected chi connectivity index (χ0v) is 14.2. The van der Waals surface area contributed by atoms with Crippen LogP contribution in [0.1, 0.15) is 11.3 Å². The number of nitro benzene ring substituents is 1. The third-order valence-electron chi connectivity index (χ3n) is 4.38. The molecule has 1 saturated heterocycles. The van der Waals surface area contributed by atoms with Crippen LogP contribution in [0.3, 0.4) is 0 Å². The van der Waals surface area contributed by atoms with Gasteiger partial charge >= 0.3 is 0 Å². The van der Waals surface area contributed by atoms with E-state index in [0.717, 1.165) is 26.2 Å². The Morgan fingerprint density at radius 1 is 1.28 bits per heavy atom. The van der Waals surface area contributed by atoms with E-state index in [1.54, 1.807) is 25.3 Å². The molecule has 0 atom stereocenters. The molecule has 9 nitrogen and oxygen atoms in total. The van der Waals surface area contributed by atoms with Crippen molar-refractivity contribution >= 4 is 11.9 Å². The minimum absolute atomic E-state index is 0.0148. The highest BCUT2D eigenvalue weighted by atomic mass is 16.6. The van der Waals surface area contributed by atoms with Crippen LogP contribution >= 0.6 is 0 Å². The number of likely N-dealkylation sites (N-methyl/N-ethyl adjacent to an activating group) is 1. The first-order valence-electron chi connectivity index (χ1n) is 8.12. The number of hydrazone groups is 1. The standard InChI is InChI=1S/C16H20N6O3/c1-12-15(11-17-20-9-7-19(2)8-10-20)16(23)21(18-12)13-3-5-14(6-4-13)22(24)25/h3-6,11,18H,7-10H2,1-2H3/p+1/b17-11+. The summed E-state index contributed by atoms with van der Waals surface area (Å²) in [6, 6.07) is 5.83. The summed E-state index contributed by atoms with van der Waals surface area (Å²) in [6.45, 7) is 5.58. The molecule has 2 aromatic rings. The summed E-state index contributed by atoms with van der Waals surface area (Å²) in [4.78, 5) is 24.4. The fourth-order valence-electron chi connectivity index (χ4n) is 2.75. The Morgan fingerprint density at radius 2 is 1.92 bits per heavy atom. The van der Waals surface area contributed by atoms with Gasteiger partial charge in [0.25, 0.3) is 11.2 Å². The highest BCUT2D eigenvalue weighted by molar-refractivity contribution is 5.80. The fourth-order valence-corrected chi connectivity index (χ4v) is 2.75. The highest BCUT2D eigenvalue weighted by Gasteiger charge is 2.16. The van der Waals surface area contributed by atoms with Gasteiger partial charge in [0.15, 0.2) is 0 Å². The third-order valence-corrected chi connectivity index (χ3v) is 4.38. The van der Waals surface area contributed by atoms with Crippen LogP contribution in [0.5, 0.6) is 0 Å². The van der Waals surface area contributed by atoms with Gasteiger partial charge in [0, 0.05) is 17.8 Å². The van der Waals surface area contributed by atoms with Gasteiger partial charge in [-0.15, -0.1) is 0 Å². The number of nitrogens with one attached hydrogen (secondary N) is 2. The van der Waals surface area contributed by atoms with E-state index in [1.807, 2.05) is 5.01 Å². The van der Waals surface area contributed by atoms with Crippen molar-refractivity contribution in [3.8, 4) is 5.69 Å². The van der Waals surface area contributed by atoms with Crippen molar-refractivity contribution in [1.82, 2.24) is 14.8 Å². The second-order valence-corrected chi connectivity index (χ2v) is 6.22. The van der Waals surface area contributed by atoms with Gasteiger partial charge in [0.1, 0.15) is 0 Å². The summed E-state index contributed by atoms with van der Waals surface area (Å²) in [5.74, 6) is 0. The Hall–Kier alpha value is -2.94. The molecule has 1 fully saturated rings. The summed E-state index contributed by atoms with van der Waals surface area (Å²) in [6.07, 6.45) is 1.59. The van der Waals surface area contributed by atoms with Gasteiger partial charge in [-0.25, -0.2) is 4.68 Å². The van der Waals surface area contributed by atoms with Crippen molar-refractivity contribution in [3.63, 3.8) is 0 Å². The highest BCUT2D eigenvalue weighted by Crippen LogP contribution is 2.14. The normalized spacial score (nSPS) is 15.8. The lowest BCUT2D eigenvalue weighted by Crippen LogP contribution is -3.11. The van der Waals surface area contributed by atoms with Crippen LogP contribution in [0.2, 0.25) is 0 Å². The lowest BCUT2D eigenvalue weighted by molar-refractivity contribution is -0.884. The van der Waals surface area contributed by atoms with Gasteiger partial charge in [0.05, 0.1) is 55.6 Å². The van der Waals surface area contributed by atoms with Gasteiger partial charge in [0.2, 0.25) is 0 Å². The van der Waals surface area contributed by atoms with Crippen molar-refractivity contribution in [2.45, 2.75) is 6.92 Å². The summed E-state index contributed by atoms with van der Waals surface area (Å²) >= 11 is 0. The smallest absolute Gasteiger partial charge is 0.280 e. The SMILES string of the molecule is Cc1[nH]n(-c2ccc([N+](=O)[O-])cc2)c(=O)c1/C=N/N1CC[NH+](C)CC1. The quantitative estimate of drug-likeness (QED) is 0.445. The van der Waals surface area contributed by atoms with Crippen LogP contribution in [0, 0.1) is 17.0 Å². The van der Waals surface area contributed by atoms with Gasteiger partial charge in [-0.05, 0) is 19.1 Å². The summed E-state index contributed by atoms with van der Waals surface area (Å²) in [5.41, 5.74) is 1.49. The summed E-state index contributed by atoms with van der Waals surface area (Å²) in [5, 5.41) is 20.1. The number of rotatable bonds is 4. The zero-order valence-electron chi connectivity index (χ0n) is 14.2. The van der Waals surface area contributed by atoms with Gasteiger partial charge in [-0.2, -0.15) is 5.10 Å². The Balaban J connectivity index is 1.83. The molecule has 0 saturated carbocycles. The van der Waals surface area contributed by atoms with E-state index < -0.39 is 4.92 Å². The minimum atomic E-state index is -0.470. The van der Waals surface area contributed by atoms with Crippen LogP contribution in [0.4, 0.5) is 5.69 Å².